The smallest absolute Gasteiger partial charge is 0.150 e. The van der Waals surface area contributed by atoms with Crippen LogP contribution in [0.15, 0.2) is 46.9 Å². The van der Waals surface area contributed by atoms with Gasteiger partial charge >= 0.3 is 0 Å². The van der Waals surface area contributed by atoms with E-state index in [1.165, 1.54) is 11.6 Å². The van der Waals surface area contributed by atoms with Gasteiger partial charge in [-0.2, -0.15) is 0 Å². The number of rotatable bonds is 5. The summed E-state index contributed by atoms with van der Waals surface area (Å²) >= 11 is 3.17. The zero-order valence-corrected chi connectivity index (χ0v) is 12.8. The fourth-order valence-corrected chi connectivity index (χ4v) is 2.62. The van der Waals surface area contributed by atoms with E-state index in [2.05, 4.69) is 40.3 Å². The van der Waals surface area contributed by atoms with Crippen molar-refractivity contribution >= 4 is 21.6 Å². The largest absolute Gasteiger partial charge is 0.382 e. The van der Waals surface area contributed by atoms with Crippen LogP contribution in [0, 0.1) is 11.6 Å². The predicted molar refractivity (Wildman–Crippen MR) is 82.0 cm³/mol. The van der Waals surface area contributed by atoms with Gasteiger partial charge in [-0.3, -0.25) is 0 Å². The summed E-state index contributed by atoms with van der Waals surface area (Å²) in [5, 5.41) is 3.02. The summed E-state index contributed by atoms with van der Waals surface area (Å²) in [5.74, 6) is -0.784. The molecule has 0 saturated heterocycles. The molecule has 20 heavy (non-hydrogen) atoms. The summed E-state index contributed by atoms with van der Waals surface area (Å²) in [5.41, 5.74) is 1.57. The van der Waals surface area contributed by atoms with Gasteiger partial charge in [-0.05, 0) is 39.9 Å². The SMILES string of the molecule is CC(CCNc1c(F)cc(F)cc1Br)c1ccccc1. The lowest BCUT2D eigenvalue weighted by molar-refractivity contribution is 0.583. The van der Waals surface area contributed by atoms with Gasteiger partial charge in [0.2, 0.25) is 0 Å². The average molecular weight is 340 g/mol. The van der Waals surface area contributed by atoms with Crippen molar-refractivity contribution in [3.8, 4) is 0 Å². The van der Waals surface area contributed by atoms with E-state index in [1.54, 1.807) is 0 Å². The molecule has 0 aliphatic heterocycles. The van der Waals surface area contributed by atoms with Crippen LogP contribution >= 0.6 is 15.9 Å². The molecule has 1 atom stereocenters. The Morgan fingerprint density at radius 2 is 1.85 bits per heavy atom. The monoisotopic (exact) mass is 339 g/mol. The van der Waals surface area contributed by atoms with Crippen molar-refractivity contribution in [3.05, 3.63) is 64.1 Å². The molecule has 2 aromatic carbocycles. The van der Waals surface area contributed by atoms with E-state index in [0.29, 0.717) is 22.6 Å². The molecule has 0 radical (unpaired) electrons. The maximum Gasteiger partial charge on any atom is 0.150 e. The average Bonchev–Trinajstić information content (AvgIpc) is 2.42. The predicted octanol–water partition coefficient (Wildman–Crippen LogP) is 5.33. The van der Waals surface area contributed by atoms with Crippen LogP contribution in [0.4, 0.5) is 14.5 Å². The van der Waals surface area contributed by atoms with Gasteiger partial charge in [-0.15, -0.1) is 0 Å². The number of hydrogen-bond donors (Lipinski definition) is 1. The molecule has 0 heterocycles. The molecule has 2 aromatic rings. The second-order valence-electron chi connectivity index (χ2n) is 4.77. The maximum atomic E-state index is 13.6. The minimum atomic E-state index is -0.586. The van der Waals surface area contributed by atoms with Crippen molar-refractivity contribution in [3.63, 3.8) is 0 Å². The molecular formula is C16H16BrF2N. The van der Waals surface area contributed by atoms with E-state index < -0.39 is 11.6 Å². The van der Waals surface area contributed by atoms with Gasteiger partial charge in [0, 0.05) is 17.1 Å². The number of benzene rings is 2. The van der Waals surface area contributed by atoms with Crippen LogP contribution in [0.5, 0.6) is 0 Å². The Morgan fingerprint density at radius 1 is 1.15 bits per heavy atom. The molecule has 0 amide bonds. The Hall–Kier alpha value is -1.42. The third-order valence-electron chi connectivity index (χ3n) is 3.25. The third-order valence-corrected chi connectivity index (χ3v) is 3.88. The van der Waals surface area contributed by atoms with E-state index in [9.17, 15) is 8.78 Å². The first-order valence-electron chi connectivity index (χ1n) is 6.51. The van der Waals surface area contributed by atoms with Crippen LogP contribution in [0.25, 0.3) is 0 Å². The van der Waals surface area contributed by atoms with Crippen molar-refractivity contribution in [2.45, 2.75) is 19.3 Å². The number of anilines is 1. The first kappa shape index (κ1) is 15.0. The highest BCUT2D eigenvalue weighted by atomic mass is 79.9. The fourth-order valence-electron chi connectivity index (χ4n) is 2.07. The summed E-state index contributed by atoms with van der Waals surface area (Å²) < 4.78 is 27.0. The molecule has 4 heteroatoms. The van der Waals surface area contributed by atoms with E-state index in [-0.39, 0.29) is 0 Å². The van der Waals surface area contributed by atoms with Crippen molar-refractivity contribution in [1.29, 1.82) is 0 Å². The molecule has 0 aromatic heterocycles. The Morgan fingerprint density at radius 3 is 2.50 bits per heavy atom. The molecule has 0 fully saturated rings. The van der Waals surface area contributed by atoms with Gasteiger partial charge in [-0.25, -0.2) is 8.78 Å². The van der Waals surface area contributed by atoms with Crippen LogP contribution in [0.2, 0.25) is 0 Å². The van der Waals surface area contributed by atoms with Crippen LogP contribution < -0.4 is 5.32 Å². The molecule has 1 N–H and O–H groups in total. The minimum Gasteiger partial charge on any atom is -0.382 e. The zero-order valence-electron chi connectivity index (χ0n) is 11.2. The summed E-state index contributed by atoms with van der Waals surface area (Å²) in [6.07, 6.45) is 0.868. The van der Waals surface area contributed by atoms with Crippen molar-refractivity contribution in [1.82, 2.24) is 0 Å². The van der Waals surface area contributed by atoms with Gasteiger partial charge < -0.3 is 5.32 Å². The maximum absolute atomic E-state index is 13.6. The van der Waals surface area contributed by atoms with Crippen LogP contribution in [-0.2, 0) is 0 Å². The highest BCUT2D eigenvalue weighted by Gasteiger charge is 2.10. The molecular weight excluding hydrogens is 324 g/mol. The molecule has 0 aliphatic rings. The Labute approximate surface area is 126 Å². The number of halogens is 3. The first-order chi connectivity index (χ1) is 9.58. The summed E-state index contributed by atoms with van der Waals surface area (Å²) in [6, 6.07) is 12.3. The lowest BCUT2D eigenvalue weighted by Crippen LogP contribution is -2.08. The van der Waals surface area contributed by atoms with Crippen molar-refractivity contribution < 1.29 is 8.78 Å². The molecule has 1 nitrogen and oxygen atoms in total. The van der Waals surface area contributed by atoms with E-state index in [1.807, 2.05) is 18.2 Å². The summed E-state index contributed by atoms with van der Waals surface area (Å²) in [4.78, 5) is 0. The van der Waals surface area contributed by atoms with Gasteiger partial charge in [0.25, 0.3) is 0 Å². The normalized spacial score (nSPS) is 12.2. The Bertz CT molecular complexity index is 549. The van der Waals surface area contributed by atoms with Gasteiger partial charge in [0.15, 0.2) is 0 Å². The van der Waals surface area contributed by atoms with Gasteiger partial charge in [0.1, 0.15) is 11.6 Å². The third kappa shape index (κ3) is 3.79. The lowest BCUT2D eigenvalue weighted by Gasteiger charge is -2.14. The fraction of sp³-hybridized carbons (Fsp3) is 0.250. The number of nitrogens with one attached hydrogen (secondary N) is 1. The lowest BCUT2D eigenvalue weighted by atomic mass is 9.98. The van der Waals surface area contributed by atoms with E-state index in [0.717, 1.165) is 12.5 Å². The number of hydrogen-bond acceptors (Lipinski definition) is 1. The first-order valence-corrected chi connectivity index (χ1v) is 7.30. The van der Waals surface area contributed by atoms with Gasteiger partial charge in [-0.1, -0.05) is 37.3 Å². The van der Waals surface area contributed by atoms with Crippen molar-refractivity contribution in [2.24, 2.45) is 0 Å². The molecule has 0 saturated carbocycles. The van der Waals surface area contributed by atoms with Crippen molar-refractivity contribution in [2.75, 3.05) is 11.9 Å². The van der Waals surface area contributed by atoms with Crippen LogP contribution in [-0.4, -0.2) is 6.54 Å². The highest BCUT2D eigenvalue weighted by molar-refractivity contribution is 9.10. The van der Waals surface area contributed by atoms with Crippen LogP contribution in [0.1, 0.15) is 24.8 Å². The Kier molecular flexibility index (Phi) is 5.12. The molecule has 0 spiro atoms. The van der Waals surface area contributed by atoms with Crippen LogP contribution in [0.3, 0.4) is 0 Å². The second kappa shape index (κ2) is 6.84. The molecule has 106 valence electrons. The molecule has 0 aliphatic carbocycles. The zero-order chi connectivity index (χ0) is 14.5. The topological polar surface area (TPSA) is 12.0 Å². The summed E-state index contributed by atoms with van der Waals surface area (Å²) in [7, 11) is 0. The van der Waals surface area contributed by atoms with Gasteiger partial charge in [0.05, 0.1) is 5.69 Å². The highest BCUT2D eigenvalue weighted by Crippen LogP contribution is 2.27. The molecule has 1 unspecified atom stereocenters. The standard InChI is InChI=1S/C16H16BrF2N/c1-11(12-5-3-2-4-6-12)7-8-20-16-14(17)9-13(18)10-15(16)19/h2-6,9-11,20H,7-8H2,1H3. The second-order valence-corrected chi connectivity index (χ2v) is 5.63. The molecule has 0 bridgehead atoms. The minimum absolute atomic E-state index is 0.312. The summed E-state index contributed by atoms with van der Waals surface area (Å²) in [6.45, 7) is 2.75. The van der Waals surface area contributed by atoms with E-state index >= 15 is 0 Å². The Balaban J connectivity index is 1.94. The molecule has 2 rings (SSSR count). The quantitative estimate of drug-likeness (QED) is 0.775. The van der Waals surface area contributed by atoms with E-state index in [4.69, 9.17) is 0 Å².